The van der Waals surface area contributed by atoms with E-state index in [-0.39, 0.29) is 10.2 Å². The molecule has 1 aromatic rings. The molecule has 4 nitrogen and oxygen atoms in total. The van der Waals surface area contributed by atoms with E-state index in [2.05, 4.69) is 14.5 Å². The molecule has 0 atom stereocenters. The van der Waals surface area contributed by atoms with Crippen molar-refractivity contribution in [2.75, 3.05) is 6.61 Å². The van der Waals surface area contributed by atoms with Crippen LogP contribution in [-0.4, -0.2) is 23.9 Å². The first-order valence-electron chi connectivity index (χ1n) is 5.07. The number of alkyl halides is 5. The molecule has 112 valence electrons. The second-order valence-electron chi connectivity index (χ2n) is 3.27. The van der Waals surface area contributed by atoms with Crippen molar-refractivity contribution in [3.63, 3.8) is 0 Å². The molecular weight excluding hydrogens is 404 g/mol. The molecule has 0 saturated heterocycles. The number of esters is 1. The van der Waals surface area contributed by atoms with Gasteiger partial charge in [-0.1, -0.05) is 0 Å². The number of carbonyl (C=O) groups is 1. The summed E-state index contributed by atoms with van der Waals surface area (Å²) < 4.78 is 69.7. The minimum atomic E-state index is -5.14. The van der Waals surface area contributed by atoms with Gasteiger partial charge in [-0.15, -0.1) is 13.2 Å². The highest BCUT2D eigenvalue weighted by molar-refractivity contribution is 14.1. The maximum atomic E-state index is 12.7. The van der Waals surface area contributed by atoms with Gasteiger partial charge in [0.25, 0.3) is 6.43 Å². The second kappa shape index (κ2) is 6.50. The molecule has 10 heteroatoms. The van der Waals surface area contributed by atoms with Crippen LogP contribution in [0.25, 0.3) is 0 Å². The van der Waals surface area contributed by atoms with Gasteiger partial charge in [-0.2, -0.15) is 0 Å². The second-order valence-corrected chi connectivity index (χ2v) is 4.43. The van der Waals surface area contributed by atoms with E-state index in [0.717, 1.165) is 6.07 Å². The molecule has 0 N–H and O–H groups in total. The number of aromatic nitrogens is 1. The van der Waals surface area contributed by atoms with Crippen LogP contribution in [0.3, 0.4) is 0 Å². The van der Waals surface area contributed by atoms with Crippen LogP contribution >= 0.6 is 22.6 Å². The fraction of sp³-hybridized carbons (Fsp3) is 0.400. The fourth-order valence-electron chi connectivity index (χ4n) is 1.20. The molecular formula is C10H7F5INO3. The maximum absolute atomic E-state index is 12.7. The molecule has 0 amide bonds. The lowest BCUT2D eigenvalue weighted by molar-refractivity contribution is -0.275. The zero-order chi connectivity index (χ0) is 15.5. The van der Waals surface area contributed by atoms with Crippen molar-refractivity contribution in [1.29, 1.82) is 0 Å². The molecule has 20 heavy (non-hydrogen) atoms. The summed E-state index contributed by atoms with van der Waals surface area (Å²) in [5.41, 5.74) is -1.78. The first-order chi connectivity index (χ1) is 9.15. The Morgan fingerprint density at radius 2 is 2.05 bits per heavy atom. The lowest BCUT2D eigenvalue weighted by Gasteiger charge is -2.14. The van der Waals surface area contributed by atoms with E-state index in [0.29, 0.717) is 0 Å². The van der Waals surface area contributed by atoms with Crippen LogP contribution in [0.5, 0.6) is 5.75 Å². The Hall–Kier alpha value is -1.20. The first-order valence-corrected chi connectivity index (χ1v) is 6.15. The van der Waals surface area contributed by atoms with Crippen molar-refractivity contribution in [2.45, 2.75) is 19.7 Å². The molecule has 0 saturated carbocycles. The summed E-state index contributed by atoms with van der Waals surface area (Å²) in [4.78, 5) is 14.6. The Morgan fingerprint density at radius 1 is 1.45 bits per heavy atom. The number of rotatable bonds is 4. The standard InChI is InChI=1S/C10H7F5INO3/c1-2-19-9(18)5-3-4(16)7(20-10(13,14)15)6(17-5)8(11)12/h3,8H,2H2,1H3. The Labute approximate surface area is 123 Å². The van der Waals surface area contributed by atoms with E-state index in [4.69, 9.17) is 0 Å². The number of halogens is 6. The van der Waals surface area contributed by atoms with Gasteiger partial charge >= 0.3 is 12.3 Å². The third-order valence-electron chi connectivity index (χ3n) is 1.86. The highest BCUT2D eigenvalue weighted by Crippen LogP contribution is 2.35. The summed E-state index contributed by atoms with van der Waals surface area (Å²) >= 11 is 1.34. The Kier molecular flexibility index (Phi) is 5.48. The summed E-state index contributed by atoms with van der Waals surface area (Å²) in [5.74, 6) is -2.13. The fourth-order valence-corrected chi connectivity index (χ4v) is 1.88. The van der Waals surface area contributed by atoms with Crippen molar-refractivity contribution >= 4 is 28.6 Å². The van der Waals surface area contributed by atoms with Gasteiger partial charge in [-0.05, 0) is 35.6 Å². The van der Waals surface area contributed by atoms with Crippen LogP contribution in [0.4, 0.5) is 22.0 Å². The molecule has 0 aromatic carbocycles. The highest BCUT2D eigenvalue weighted by Gasteiger charge is 2.35. The monoisotopic (exact) mass is 411 g/mol. The molecule has 1 heterocycles. The Bertz CT molecular complexity index is 506. The summed E-state index contributed by atoms with van der Waals surface area (Å²) in [6, 6.07) is 0.880. The molecule has 0 bridgehead atoms. The molecule has 1 rings (SSSR count). The van der Waals surface area contributed by atoms with Crippen LogP contribution < -0.4 is 4.74 Å². The van der Waals surface area contributed by atoms with Gasteiger partial charge in [0.2, 0.25) is 0 Å². The van der Waals surface area contributed by atoms with E-state index in [1.54, 1.807) is 0 Å². The van der Waals surface area contributed by atoms with Crippen molar-refractivity contribution in [3.8, 4) is 5.75 Å². The largest absolute Gasteiger partial charge is 0.573 e. The molecule has 0 fully saturated rings. The Morgan fingerprint density at radius 3 is 2.50 bits per heavy atom. The van der Waals surface area contributed by atoms with E-state index in [9.17, 15) is 26.7 Å². The molecule has 0 aliphatic rings. The minimum absolute atomic E-state index is 0.0259. The summed E-state index contributed by atoms with van der Waals surface area (Å²) in [7, 11) is 0. The zero-order valence-corrected chi connectivity index (χ0v) is 12.0. The van der Waals surface area contributed by atoms with Crippen LogP contribution in [0, 0.1) is 3.57 Å². The SMILES string of the molecule is CCOC(=O)c1cc(I)c(OC(F)(F)F)c(C(F)F)n1. The van der Waals surface area contributed by atoms with E-state index >= 15 is 0 Å². The lowest BCUT2D eigenvalue weighted by atomic mass is 10.2. The van der Waals surface area contributed by atoms with Gasteiger partial charge < -0.3 is 9.47 Å². The molecule has 0 aliphatic carbocycles. The summed E-state index contributed by atoms with van der Waals surface area (Å²) in [5, 5.41) is 0. The quantitative estimate of drug-likeness (QED) is 0.431. The maximum Gasteiger partial charge on any atom is 0.573 e. The number of nitrogens with zero attached hydrogens (tertiary/aromatic N) is 1. The zero-order valence-electron chi connectivity index (χ0n) is 9.80. The summed E-state index contributed by atoms with van der Waals surface area (Å²) in [6.45, 7) is 1.46. The van der Waals surface area contributed by atoms with Crippen molar-refractivity contribution in [1.82, 2.24) is 4.98 Å². The van der Waals surface area contributed by atoms with Crippen LogP contribution in [0.1, 0.15) is 29.5 Å². The van der Waals surface area contributed by atoms with E-state index in [1.165, 1.54) is 29.5 Å². The van der Waals surface area contributed by atoms with Gasteiger partial charge in [-0.25, -0.2) is 18.6 Å². The van der Waals surface area contributed by atoms with Gasteiger partial charge in [0, 0.05) is 0 Å². The molecule has 0 radical (unpaired) electrons. The molecule has 0 spiro atoms. The predicted molar refractivity (Wildman–Crippen MR) is 64.6 cm³/mol. The van der Waals surface area contributed by atoms with E-state index < -0.39 is 35.9 Å². The normalized spacial score (nSPS) is 11.6. The van der Waals surface area contributed by atoms with Crippen LogP contribution in [-0.2, 0) is 4.74 Å². The lowest BCUT2D eigenvalue weighted by Crippen LogP contribution is -2.20. The average molecular weight is 411 g/mol. The van der Waals surface area contributed by atoms with Crippen molar-refractivity contribution < 1.29 is 36.2 Å². The molecule has 0 unspecified atom stereocenters. The Balaban J connectivity index is 3.29. The number of hydrogen-bond acceptors (Lipinski definition) is 4. The van der Waals surface area contributed by atoms with Crippen molar-refractivity contribution in [2.24, 2.45) is 0 Å². The van der Waals surface area contributed by atoms with Gasteiger partial charge in [0.15, 0.2) is 11.4 Å². The number of carbonyl (C=O) groups excluding carboxylic acids is 1. The van der Waals surface area contributed by atoms with Gasteiger partial charge in [0.1, 0.15) is 5.69 Å². The third kappa shape index (κ3) is 4.42. The smallest absolute Gasteiger partial charge is 0.461 e. The molecule has 1 aromatic heterocycles. The van der Waals surface area contributed by atoms with E-state index in [1.807, 2.05) is 0 Å². The number of hydrogen-bond donors (Lipinski definition) is 0. The highest BCUT2D eigenvalue weighted by atomic mass is 127. The van der Waals surface area contributed by atoms with Crippen LogP contribution in [0.15, 0.2) is 6.07 Å². The molecule has 0 aliphatic heterocycles. The third-order valence-corrected chi connectivity index (χ3v) is 2.66. The first kappa shape index (κ1) is 16.9. The number of ether oxygens (including phenoxy) is 2. The van der Waals surface area contributed by atoms with Crippen molar-refractivity contribution in [3.05, 3.63) is 21.0 Å². The minimum Gasteiger partial charge on any atom is -0.461 e. The predicted octanol–water partition coefficient (Wildman–Crippen LogP) is 3.70. The number of pyridine rings is 1. The van der Waals surface area contributed by atoms with Crippen LogP contribution in [0.2, 0.25) is 0 Å². The van der Waals surface area contributed by atoms with Gasteiger partial charge in [0.05, 0.1) is 10.2 Å². The summed E-state index contributed by atoms with van der Waals surface area (Å²) in [6.07, 6.45) is -8.48. The topological polar surface area (TPSA) is 48.4 Å². The van der Waals surface area contributed by atoms with Gasteiger partial charge in [-0.3, -0.25) is 0 Å². The average Bonchev–Trinajstić information content (AvgIpc) is 2.29.